The number of carbonyl (C=O) groups is 1. The van der Waals surface area contributed by atoms with Crippen molar-refractivity contribution >= 4 is 38.1 Å². The maximum Gasteiger partial charge on any atom is 0.267 e. The Labute approximate surface area is 175 Å². The Morgan fingerprint density at radius 1 is 1.10 bits per heavy atom. The van der Waals surface area contributed by atoms with Crippen molar-refractivity contribution in [1.29, 1.82) is 0 Å². The Balaban J connectivity index is 1.48. The van der Waals surface area contributed by atoms with Gasteiger partial charge in [0.2, 0.25) is 10.0 Å². The molecular formula is C23H22N2O4S. The van der Waals surface area contributed by atoms with Crippen LogP contribution in [-0.4, -0.2) is 33.2 Å². The van der Waals surface area contributed by atoms with E-state index in [0.29, 0.717) is 17.1 Å². The average Bonchev–Trinajstić information content (AvgIpc) is 3.13. The predicted octanol–water partition coefficient (Wildman–Crippen LogP) is 3.41. The molecule has 7 heteroatoms. The van der Waals surface area contributed by atoms with E-state index in [4.69, 9.17) is 4.74 Å². The minimum Gasteiger partial charge on any atom is -0.476 e. The number of rotatable bonds is 3. The number of amides is 1. The zero-order chi connectivity index (χ0) is 21.0. The van der Waals surface area contributed by atoms with Gasteiger partial charge >= 0.3 is 0 Å². The van der Waals surface area contributed by atoms with Crippen molar-refractivity contribution in [2.45, 2.75) is 25.9 Å². The van der Waals surface area contributed by atoms with Gasteiger partial charge in [-0.05, 0) is 60.0 Å². The van der Waals surface area contributed by atoms with Crippen LogP contribution < -0.4 is 14.4 Å². The minimum atomic E-state index is -3.56. The van der Waals surface area contributed by atoms with E-state index in [1.165, 1.54) is 20.8 Å². The highest BCUT2D eigenvalue weighted by atomic mass is 32.2. The molecule has 3 aromatic rings. The number of benzene rings is 3. The second-order valence-corrected chi connectivity index (χ2v) is 9.88. The second kappa shape index (κ2) is 6.74. The highest BCUT2D eigenvalue weighted by Gasteiger charge is 2.35. The summed E-state index contributed by atoms with van der Waals surface area (Å²) < 4.78 is 31.9. The smallest absolute Gasteiger partial charge is 0.267 e. The van der Waals surface area contributed by atoms with E-state index < -0.39 is 16.1 Å². The summed E-state index contributed by atoms with van der Waals surface area (Å²) in [5.41, 5.74) is 4.68. The highest BCUT2D eigenvalue weighted by Crippen LogP contribution is 2.37. The van der Waals surface area contributed by atoms with E-state index in [1.54, 1.807) is 12.1 Å². The fourth-order valence-electron chi connectivity index (χ4n) is 4.38. The van der Waals surface area contributed by atoms with Gasteiger partial charge in [0.25, 0.3) is 5.91 Å². The Morgan fingerprint density at radius 3 is 2.63 bits per heavy atom. The number of ether oxygens (including phenoxy) is 1. The van der Waals surface area contributed by atoms with Gasteiger partial charge in [-0.15, -0.1) is 0 Å². The molecule has 0 aromatic heterocycles. The molecule has 1 atom stereocenters. The Kier molecular flexibility index (Phi) is 4.25. The molecule has 154 valence electrons. The topological polar surface area (TPSA) is 75.7 Å². The van der Waals surface area contributed by atoms with Crippen LogP contribution in [0.2, 0.25) is 0 Å². The van der Waals surface area contributed by atoms with Gasteiger partial charge in [0.15, 0.2) is 6.10 Å². The molecule has 1 aliphatic carbocycles. The van der Waals surface area contributed by atoms with Gasteiger partial charge in [0.05, 0.1) is 18.5 Å². The number of nitrogens with one attached hydrogen (secondary N) is 1. The SMILES string of the molecule is Cc1ccc2c(c1)N(S(C)(=O)=O)C[C@H](C(=O)Nc1ccc3c4c(cccc14)CC3)O2. The summed E-state index contributed by atoms with van der Waals surface area (Å²) in [6.45, 7) is 1.82. The van der Waals surface area contributed by atoms with E-state index in [0.717, 1.165) is 30.0 Å². The van der Waals surface area contributed by atoms with Crippen molar-refractivity contribution in [2.24, 2.45) is 0 Å². The van der Waals surface area contributed by atoms with Crippen molar-refractivity contribution in [3.05, 3.63) is 65.2 Å². The van der Waals surface area contributed by atoms with Crippen LogP contribution in [0.15, 0.2) is 48.5 Å². The van der Waals surface area contributed by atoms with Gasteiger partial charge in [-0.25, -0.2) is 8.42 Å². The first-order valence-corrected chi connectivity index (χ1v) is 11.8. The molecule has 0 unspecified atom stereocenters. The largest absolute Gasteiger partial charge is 0.476 e. The lowest BCUT2D eigenvalue weighted by Crippen LogP contribution is -2.48. The van der Waals surface area contributed by atoms with Crippen molar-refractivity contribution in [3.63, 3.8) is 0 Å². The summed E-state index contributed by atoms with van der Waals surface area (Å²) in [4.78, 5) is 13.1. The first-order chi connectivity index (χ1) is 14.3. The fourth-order valence-corrected chi connectivity index (χ4v) is 5.29. The molecule has 2 aliphatic rings. The first-order valence-electron chi connectivity index (χ1n) is 9.90. The number of sulfonamides is 1. The van der Waals surface area contributed by atoms with Crippen molar-refractivity contribution in [2.75, 3.05) is 22.4 Å². The predicted molar refractivity (Wildman–Crippen MR) is 118 cm³/mol. The summed E-state index contributed by atoms with van der Waals surface area (Å²) in [6.07, 6.45) is 2.21. The number of carbonyl (C=O) groups excluding carboxylic acids is 1. The molecule has 0 spiro atoms. The molecule has 0 fully saturated rings. The molecule has 1 N–H and O–H groups in total. The molecule has 3 aromatic carbocycles. The number of fused-ring (bicyclic) bond motifs is 1. The summed E-state index contributed by atoms with van der Waals surface area (Å²) in [7, 11) is -3.56. The van der Waals surface area contributed by atoms with Crippen LogP contribution >= 0.6 is 0 Å². The zero-order valence-electron chi connectivity index (χ0n) is 16.8. The van der Waals surface area contributed by atoms with Gasteiger partial charge in [-0.3, -0.25) is 9.10 Å². The van der Waals surface area contributed by atoms with E-state index in [1.807, 2.05) is 31.2 Å². The standard InChI is InChI=1S/C23H22N2O4S/c1-14-6-11-20-19(12-14)25(30(2,27)28)13-21(29-20)23(26)24-18-10-9-16-8-7-15-4-3-5-17(18)22(15)16/h3-6,9-12,21H,7-8,13H2,1-2H3,(H,24,26)/t21-/m1/s1. The monoisotopic (exact) mass is 422 g/mol. The lowest BCUT2D eigenvalue weighted by molar-refractivity contribution is -0.122. The van der Waals surface area contributed by atoms with Crippen LogP contribution in [0.5, 0.6) is 5.75 Å². The van der Waals surface area contributed by atoms with Gasteiger partial charge in [-0.2, -0.15) is 0 Å². The first kappa shape index (κ1) is 18.9. The van der Waals surface area contributed by atoms with Gasteiger partial charge in [0.1, 0.15) is 5.75 Å². The summed E-state index contributed by atoms with van der Waals surface area (Å²) in [5, 5.41) is 5.17. The molecule has 1 aliphatic heterocycles. The average molecular weight is 423 g/mol. The molecule has 0 saturated carbocycles. The molecule has 0 saturated heterocycles. The molecular weight excluding hydrogens is 400 g/mol. The molecule has 30 heavy (non-hydrogen) atoms. The molecule has 6 nitrogen and oxygen atoms in total. The Bertz CT molecular complexity index is 1290. The maximum atomic E-state index is 13.1. The maximum absolute atomic E-state index is 13.1. The van der Waals surface area contributed by atoms with Gasteiger partial charge < -0.3 is 10.1 Å². The highest BCUT2D eigenvalue weighted by molar-refractivity contribution is 7.92. The molecule has 0 radical (unpaired) electrons. The molecule has 1 amide bonds. The molecule has 5 rings (SSSR count). The van der Waals surface area contributed by atoms with Crippen LogP contribution in [-0.2, 0) is 27.7 Å². The van der Waals surface area contributed by atoms with Crippen LogP contribution in [0, 0.1) is 6.92 Å². The van der Waals surface area contributed by atoms with Crippen LogP contribution in [0.3, 0.4) is 0 Å². The fraction of sp³-hybridized carbons (Fsp3) is 0.261. The minimum absolute atomic E-state index is 0.0671. The lowest BCUT2D eigenvalue weighted by atomic mass is 10.0. The van der Waals surface area contributed by atoms with E-state index in [-0.39, 0.29) is 12.5 Å². The molecule has 1 heterocycles. The third-order valence-corrected chi connectivity index (χ3v) is 6.96. The number of aryl methyl sites for hydroxylation is 3. The van der Waals surface area contributed by atoms with Crippen molar-refractivity contribution in [3.8, 4) is 5.75 Å². The quantitative estimate of drug-likeness (QED) is 0.702. The van der Waals surface area contributed by atoms with Gasteiger partial charge in [-0.1, -0.05) is 30.3 Å². The van der Waals surface area contributed by atoms with Crippen molar-refractivity contribution < 1.29 is 17.9 Å². The van der Waals surface area contributed by atoms with E-state index >= 15 is 0 Å². The third kappa shape index (κ3) is 3.10. The lowest BCUT2D eigenvalue weighted by Gasteiger charge is -2.34. The van der Waals surface area contributed by atoms with Gasteiger partial charge in [0, 0.05) is 11.1 Å². The van der Waals surface area contributed by atoms with Crippen LogP contribution in [0.1, 0.15) is 16.7 Å². The second-order valence-electron chi connectivity index (χ2n) is 7.97. The number of nitrogens with zero attached hydrogens (tertiary/aromatic N) is 1. The van der Waals surface area contributed by atoms with Crippen LogP contribution in [0.4, 0.5) is 11.4 Å². The Morgan fingerprint density at radius 2 is 1.87 bits per heavy atom. The van der Waals surface area contributed by atoms with Crippen molar-refractivity contribution in [1.82, 2.24) is 0 Å². The third-order valence-electron chi connectivity index (χ3n) is 5.81. The summed E-state index contributed by atoms with van der Waals surface area (Å²) in [5.74, 6) is 0.0198. The number of hydrogen-bond acceptors (Lipinski definition) is 4. The van der Waals surface area contributed by atoms with E-state index in [2.05, 4.69) is 17.4 Å². The number of hydrogen-bond donors (Lipinski definition) is 1. The van der Waals surface area contributed by atoms with Crippen LogP contribution in [0.25, 0.3) is 10.8 Å². The van der Waals surface area contributed by atoms with E-state index in [9.17, 15) is 13.2 Å². The zero-order valence-corrected chi connectivity index (χ0v) is 17.6. The Hall–Kier alpha value is -3.06. The molecule has 0 bridgehead atoms. The summed E-state index contributed by atoms with van der Waals surface area (Å²) >= 11 is 0. The normalized spacial score (nSPS) is 17.5. The number of anilines is 2. The summed E-state index contributed by atoms with van der Waals surface area (Å²) in [6, 6.07) is 15.4.